The van der Waals surface area contributed by atoms with Crippen molar-refractivity contribution in [2.24, 2.45) is 5.14 Å². The molecule has 0 aliphatic carbocycles. The number of carbonyl (C=O) groups excluding carboxylic acids is 1. The van der Waals surface area contributed by atoms with Crippen molar-refractivity contribution < 1.29 is 13.2 Å². The lowest BCUT2D eigenvalue weighted by molar-refractivity contribution is -0.119. The Balaban J connectivity index is 1.65. The van der Waals surface area contributed by atoms with E-state index in [0.29, 0.717) is 5.02 Å². The summed E-state index contributed by atoms with van der Waals surface area (Å²) in [4.78, 5) is 13.4. The van der Waals surface area contributed by atoms with Crippen molar-refractivity contribution in [1.29, 1.82) is 0 Å². The predicted molar refractivity (Wildman–Crippen MR) is 114 cm³/mol. The molecule has 8 heteroatoms. The van der Waals surface area contributed by atoms with Crippen LogP contribution < -0.4 is 10.5 Å². The summed E-state index contributed by atoms with van der Waals surface area (Å²) in [6, 6.07) is 17.5. The third-order valence-electron chi connectivity index (χ3n) is 4.26. The molecule has 0 aromatic heterocycles. The molecular formula is C20H19ClN2O3S2. The second-order valence-corrected chi connectivity index (χ2v) is 9.27. The Morgan fingerprint density at radius 3 is 2.39 bits per heavy atom. The van der Waals surface area contributed by atoms with E-state index in [-0.39, 0.29) is 22.6 Å². The fraction of sp³-hybridized carbons (Fsp3) is 0.150. The summed E-state index contributed by atoms with van der Waals surface area (Å²) in [7, 11) is -3.73. The molecule has 0 saturated heterocycles. The number of carbonyl (C=O) groups is 1. The molecule has 3 aromatic rings. The summed E-state index contributed by atoms with van der Waals surface area (Å²) in [6.45, 7) is 1.84. The largest absolute Gasteiger partial charge is 0.349 e. The molecule has 28 heavy (non-hydrogen) atoms. The highest BCUT2D eigenvalue weighted by Gasteiger charge is 2.13. The highest BCUT2D eigenvalue weighted by atomic mass is 35.5. The number of amides is 1. The van der Waals surface area contributed by atoms with Crippen molar-refractivity contribution in [2.75, 3.05) is 5.75 Å². The Labute approximate surface area is 173 Å². The summed E-state index contributed by atoms with van der Waals surface area (Å²) in [5, 5.41) is 10.6. The predicted octanol–water partition coefficient (Wildman–Crippen LogP) is 4.11. The minimum absolute atomic E-state index is 0.0400. The van der Waals surface area contributed by atoms with E-state index in [1.807, 2.05) is 43.3 Å². The van der Waals surface area contributed by atoms with Gasteiger partial charge in [-0.2, -0.15) is 0 Å². The van der Waals surface area contributed by atoms with Crippen LogP contribution in [-0.2, 0) is 14.8 Å². The van der Waals surface area contributed by atoms with Crippen LogP contribution in [0.4, 0.5) is 0 Å². The van der Waals surface area contributed by atoms with E-state index in [1.165, 1.54) is 23.9 Å². The Kier molecular flexibility index (Phi) is 6.30. The lowest BCUT2D eigenvalue weighted by atomic mass is 10.1. The molecule has 0 radical (unpaired) electrons. The molecule has 3 aromatic carbocycles. The number of hydrogen-bond acceptors (Lipinski definition) is 4. The van der Waals surface area contributed by atoms with Crippen LogP contribution in [0.1, 0.15) is 18.5 Å². The maximum absolute atomic E-state index is 12.4. The summed E-state index contributed by atoms with van der Waals surface area (Å²) in [6.07, 6.45) is 0. The Morgan fingerprint density at radius 1 is 1.11 bits per heavy atom. The Hall–Kier alpha value is -2.06. The lowest BCUT2D eigenvalue weighted by Crippen LogP contribution is -2.28. The molecule has 0 saturated carbocycles. The van der Waals surface area contributed by atoms with E-state index < -0.39 is 10.0 Å². The molecule has 0 unspecified atom stereocenters. The molecule has 0 aliphatic rings. The second-order valence-electron chi connectivity index (χ2n) is 6.29. The zero-order valence-electron chi connectivity index (χ0n) is 15.1. The molecular weight excluding hydrogens is 416 g/mol. The van der Waals surface area contributed by atoms with Gasteiger partial charge in [0.1, 0.15) is 0 Å². The third-order valence-corrected chi connectivity index (χ3v) is 6.56. The maximum Gasteiger partial charge on any atom is 0.238 e. The molecule has 0 fully saturated rings. The highest BCUT2D eigenvalue weighted by Crippen LogP contribution is 2.33. The van der Waals surface area contributed by atoms with Crippen molar-refractivity contribution in [3.63, 3.8) is 0 Å². The molecule has 5 nitrogen and oxygen atoms in total. The third kappa shape index (κ3) is 4.86. The van der Waals surface area contributed by atoms with Gasteiger partial charge >= 0.3 is 0 Å². The van der Waals surface area contributed by atoms with Crippen LogP contribution >= 0.6 is 23.4 Å². The van der Waals surface area contributed by atoms with Crippen molar-refractivity contribution in [2.45, 2.75) is 22.8 Å². The fourth-order valence-corrected chi connectivity index (χ4v) is 4.61. The number of fused-ring (bicyclic) bond motifs is 1. The normalized spacial score (nSPS) is 12.7. The number of primary sulfonamides is 1. The first-order chi connectivity index (χ1) is 13.3. The van der Waals surface area contributed by atoms with Gasteiger partial charge in [0.2, 0.25) is 15.9 Å². The molecule has 1 atom stereocenters. The maximum atomic E-state index is 12.4. The molecule has 0 spiro atoms. The zero-order valence-corrected chi connectivity index (χ0v) is 17.4. The monoisotopic (exact) mass is 434 g/mol. The zero-order chi connectivity index (χ0) is 20.3. The molecule has 0 bridgehead atoms. The first kappa shape index (κ1) is 20.7. The topological polar surface area (TPSA) is 89.3 Å². The molecule has 146 valence electrons. The SMILES string of the molecule is C[C@H](NC(=O)CSc1cccc2cccc(Cl)c12)c1ccc(S(N)(=O)=O)cc1. The van der Waals surface area contributed by atoms with Crippen molar-refractivity contribution in [1.82, 2.24) is 5.32 Å². The first-order valence-corrected chi connectivity index (χ1v) is 11.4. The number of thioether (sulfide) groups is 1. The molecule has 1 amide bonds. The van der Waals surface area contributed by atoms with Crippen LogP contribution in [-0.4, -0.2) is 20.1 Å². The van der Waals surface area contributed by atoms with Gasteiger partial charge in [0.05, 0.1) is 16.7 Å². The molecule has 3 rings (SSSR count). The Morgan fingerprint density at radius 2 is 1.75 bits per heavy atom. The van der Waals surface area contributed by atoms with Gasteiger partial charge in [0.15, 0.2) is 0 Å². The lowest BCUT2D eigenvalue weighted by Gasteiger charge is -2.15. The number of benzene rings is 3. The number of nitrogens with one attached hydrogen (secondary N) is 1. The highest BCUT2D eigenvalue weighted by molar-refractivity contribution is 8.00. The second kappa shape index (κ2) is 8.53. The average Bonchev–Trinajstić information content (AvgIpc) is 2.66. The summed E-state index contributed by atoms with van der Waals surface area (Å²) in [5.41, 5.74) is 0.791. The van der Waals surface area contributed by atoms with E-state index >= 15 is 0 Å². The van der Waals surface area contributed by atoms with Gasteiger partial charge in [-0.3, -0.25) is 4.79 Å². The Bertz CT molecular complexity index is 1110. The minimum Gasteiger partial charge on any atom is -0.349 e. The van der Waals surface area contributed by atoms with Crippen LogP contribution in [0.3, 0.4) is 0 Å². The summed E-state index contributed by atoms with van der Waals surface area (Å²) >= 11 is 7.74. The van der Waals surface area contributed by atoms with Gasteiger partial charge in [0.25, 0.3) is 0 Å². The van der Waals surface area contributed by atoms with Crippen molar-refractivity contribution >= 4 is 50.1 Å². The molecule has 0 heterocycles. The van der Waals surface area contributed by atoms with Gasteiger partial charge in [0, 0.05) is 15.3 Å². The van der Waals surface area contributed by atoms with Crippen LogP contribution in [0.2, 0.25) is 5.02 Å². The van der Waals surface area contributed by atoms with Crippen molar-refractivity contribution in [3.8, 4) is 0 Å². The van der Waals surface area contributed by atoms with Gasteiger partial charge in [-0.25, -0.2) is 13.6 Å². The van der Waals surface area contributed by atoms with Gasteiger partial charge in [-0.1, -0.05) is 48.0 Å². The van der Waals surface area contributed by atoms with Gasteiger partial charge in [-0.05, 0) is 42.1 Å². The fourth-order valence-electron chi connectivity index (χ4n) is 2.84. The van der Waals surface area contributed by atoms with Gasteiger partial charge in [-0.15, -0.1) is 11.8 Å². The van der Waals surface area contributed by atoms with Crippen LogP contribution in [0, 0.1) is 0 Å². The number of nitrogens with two attached hydrogens (primary N) is 1. The van der Waals surface area contributed by atoms with Crippen LogP contribution in [0.25, 0.3) is 10.8 Å². The van der Waals surface area contributed by atoms with Crippen molar-refractivity contribution in [3.05, 3.63) is 71.2 Å². The van der Waals surface area contributed by atoms with Crippen LogP contribution in [0.5, 0.6) is 0 Å². The van der Waals surface area contributed by atoms with E-state index in [0.717, 1.165) is 21.2 Å². The standard InChI is InChI=1S/C20H19ClN2O3S2/c1-13(14-8-10-16(11-9-14)28(22,25)26)23-19(24)12-27-18-7-3-5-15-4-2-6-17(21)20(15)18/h2-11,13H,12H2,1H3,(H,23,24)(H2,22,25,26)/t13-/m0/s1. The molecule has 0 aliphatic heterocycles. The van der Waals surface area contributed by atoms with E-state index in [1.54, 1.807) is 12.1 Å². The molecule has 3 N–H and O–H groups in total. The van der Waals surface area contributed by atoms with E-state index in [4.69, 9.17) is 16.7 Å². The number of halogens is 1. The van der Waals surface area contributed by atoms with Gasteiger partial charge < -0.3 is 5.32 Å². The number of sulfonamides is 1. The van der Waals surface area contributed by atoms with E-state index in [9.17, 15) is 13.2 Å². The smallest absolute Gasteiger partial charge is 0.238 e. The first-order valence-electron chi connectivity index (χ1n) is 8.48. The van der Waals surface area contributed by atoms with Crippen LogP contribution in [0.15, 0.2) is 70.5 Å². The van der Waals surface area contributed by atoms with E-state index in [2.05, 4.69) is 5.32 Å². The quantitative estimate of drug-likeness (QED) is 0.571. The number of hydrogen-bond donors (Lipinski definition) is 2. The summed E-state index contributed by atoms with van der Waals surface area (Å²) in [5.74, 6) is 0.112. The number of rotatable bonds is 6. The summed E-state index contributed by atoms with van der Waals surface area (Å²) < 4.78 is 22.6. The minimum atomic E-state index is -3.73. The average molecular weight is 435 g/mol.